The number of hydrogen-bond donors (Lipinski definition) is 0. The van der Waals surface area contributed by atoms with Crippen molar-refractivity contribution < 1.29 is 9.53 Å². The van der Waals surface area contributed by atoms with Gasteiger partial charge in [0.15, 0.2) is 12.6 Å². The van der Waals surface area contributed by atoms with Crippen molar-refractivity contribution in [3.63, 3.8) is 0 Å². The number of fused-ring (bicyclic) bond motifs is 1. The molecule has 0 bridgehead atoms. The minimum Gasteiger partial charge on any atom is -0.442 e. The first-order valence-corrected chi connectivity index (χ1v) is 13.2. The van der Waals surface area contributed by atoms with Crippen LogP contribution < -0.4 is 0 Å². The third-order valence-electron chi connectivity index (χ3n) is 6.96. The van der Waals surface area contributed by atoms with Gasteiger partial charge in [0.1, 0.15) is 6.33 Å². The van der Waals surface area contributed by atoms with Crippen LogP contribution in [0.15, 0.2) is 73.1 Å². The number of rotatable bonds is 7. The summed E-state index contributed by atoms with van der Waals surface area (Å²) < 4.78 is 6.83. The van der Waals surface area contributed by atoms with Gasteiger partial charge in [-0.15, -0.1) is 5.10 Å². The summed E-state index contributed by atoms with van der Waals surface area (Å²) in [5.41, 5.74) is 6.54. The van der Waals surface area contributed by atoms with Gasteiger partial charge in [0, 0.05) is 11.1 Å². The molecule has 37 heavy (non-hydrogen) atoms. The van der Waals surface area contributed by atoms with Gasteiger partial charge in [-0.25, -0.2) is 9.67 Å². The monoisotopic (exact) mass is 513 g/mol. The van der Waals surface area contributed by atoms with Crippen LogP contribution in [-0.2, 0) is 35.5 Å². The molecule has 1 aromatic heterocycles. The van der Waals surface area contributed by atoms with Crippen molar-refractivity contribution in [2.24, 2.45) is 11.3 Å². The molecule has 5 rings (SSSR count). The Labute approximate surface area is 223 Å². The largest absolute Gasteiger partial charge is 0.442 e. The molecule has 0 saturated carbocycles. The number of ether oxygens (including phenoxy) is 1. The number of hydrogen-bond acceptors (Lipinski definition) is 4. The number of carbonyl (C=O) groups is 1. The zero-order chi connectivity index (χ0) is 26.0. The van der Waals surface area contributed by atoms with Gasteiger partial charge in [0.25, 0.3) is 0 Å². The van der Waals surface area contributed by atoms with Crippen LogP contribution in [0.2, 0.25) is 5.02 Å². The topological polar surface area (TPSA) is 57.0 Å². The molecule has 4 aromatic rings. The molecule has 1 aliphatic carbocycles. The third-order valence-corrected chi connectivity index (χ3v) is 7.37. The van der Waals surface area contributed by atoms with Crippen molar-refractivity contribution in [2.75, 3.05) is 0 Å². The van der Waals surface area contributed by atoms with Crippen molar-refractivity contribution in [1.82, 2.24) is 14.8 Å². The maximum absolute atomic E-state index is 12.0. The summed E-state index contributed by atoms with van der Waals surface area (Å²) in [6, 6.07) is 23.4. The molecule has 190 valence electrons. The van der Waals surface area contributed by atoms with E-state index in [1.807, 2.05) is 39.0 Å². The maximum Gasteiger partial charge on any atom is 0.313 e. The fraction of sp³-hybridized carbons (Fsp3) is 0.323. The molecule has 5 nitrogen and oxygen atoms in total. The van der Waals surface area contributed by atoms with Crippen molar-refractivity contribution in [3.8, 4) is 22.5 Å². The molecular formula is C31H32ClN3O2. The van der Waals surface area contributed by atoms with Crippen LogP contribution in [0.4, 0.5) is 0 Å². The molecule has 0 N–H and O–H groups in total. The lowest BCUT2D eigenvalue weighted by Crippen LogP contribution is -2.24. The molecule has 1 aliphatic rings. The summed E-state index contributed by atoms with van der Waals surface area (Å²) in [6.45, 7) is 5.45. The average molecular weight is 514 g/mol. The van der Waals surface area contributed by atoms with Gasteiger partial charge in [0.05, 0.1) is 10.4 Å². The number of nitrogens with zero attached hydrogens (tertiary/aromatic N) is 3. The highest BCUT2D eigenvalue weighted by Gasteiger charge is 2.23. The first-order valence-electron chi connectivity index (χ1n) is 12.8. The van der Waals surface area contributed by atoms with E-state index in [4.69, 9.17) is 16.3 Å². The number of aryl methyl sites for hydroxylation is 1. The van der Waals surface area contributed by atoms with Crippen LogP contribution in [0.3, 0.4) is 0 Å². The molecule has 0 unspecified atom stereocenters. The summed E-state index contributed by atoms with van der Waals surface area (Å²) in [7, 11) is 0. The number of benzene rings is 3. The van der Waals surface area contributed by atoms with Gasteiger partial charge in [-0.3, -0.25) is 4.79 Å². The quantitative estimate of drug-likeness (QED) is 0.246. The number of esters is 1. The Kier molecular flexibility index (Phi) is 7.16. The van der Waals surface area contributed by atoms with Crippen LogP contribution in [0, 0.1) is 11.3 Å². The summed E-state index contributed by atoms with van der Waals surface area (Å²) >= 11 is 6.83. The van der Waals surface area contributed by atoms with Crippen LogP contribution in [0.5, 0.6) is 0 Å². The molecule has 0 fully saturated rings. The van der Waals surface area contributed by atoms with Crippen LogP contribution in [0.1, 0.15) is 43.9 Å². The zero-order valence-corrected chi connectivity index (χ0v) is 22.3. The maximum atomic E-state index is 12.0. The molecule has 0 radical (unpaired) electrons. The Hall–Kier alpha value is -3.44. The molecule has 3 aromatic carbocycles. The van der Waals surface area contributed by atoms with Gasteiger partial charge in [0.2, 0.25) is 0 Å². The number of aromatic nitrogens is 3. The minimum absolute atomic E-state index is 0.00875. The van der Waals surface area contributed by atoms with Crippen molar-refractivity contribution >= 4 is 17.6 Å². The highest BCUT2D eigenvalue weighted by molar-refractivity contribution is 6.36. The van der Waals surface area contributed by atoms with Gasteiger partial charge in [-0.05, 0) is 80.7 Å². The van der Waals surface area contributed by atoms with Gasteiger partial charge < -0.3 is 4.74 Å². The Morgan fingerprint density at radius 3 is 2.32 bits per heavy atom. The standard InChI is InChI=1S/C31H32ClN3O2/c1-31(2,3)30(36)37-20-35-19-33-29(34-35)27-10-6-9-26(28(27)32)23-15-13-21(14-16-23)11-12-22-17-24-7-4-5-8-25(24)18-22/h4-10,13-16,19,22H,11-12,17-18,20H2,1-3H3. The molecule has 0 atom stereocenters. The Balaban J connectivity index is 1.24. The zero-order valence-electron chi connectivity index (χ0n) is 21.6. The second-order valence-corrected chi connectivity index (χ2v) is 11.2. The minimum atomic E-state index is -0.570. The van der Waals surface area contributed by atoms with E-state index in [0.717, 1.165) is 29.0 Å². The van der Waals surface area contributed by atoms with E-state index in [1.165, 1.54) is 40.6 Å². The van der Waals surface area contributed by atoms with E-state index in [-0.39, 0.29) is 12.7 Å². The van der Waals surface area contributed by atoms with E-state index < -0.39 is 5.41 Å². The number of carbonyl (C=O) groups excluding carboxylic acids is 1. The molecular weight excluding hydrogens is 482 g/mol. The van der Waals surface area contributed by atoms with E-state index in [1.54, 1.807) is 6.33 Å². The van der Waals surface area contributed by atoms with Crippen molar-refractivity contribution in [1.29, 1.82) is 0 Å². The fourth-order valence-corrected chi connectivity index (χ4v) is 5.14. The molecule has 6 heteroatoms. The average Bonchev–Trinajstić information content (AvgIpc) is 3.53. The molecule has 1 heterocycles. The first kappa shape index (κ1) is 25.2. The molecule has 0 aliphatic heterocycles. The SMILES string of the molecule is CC(C)(C)C(=O)OCn1cnc(-c2cccc(-c3ccc(CCC4Cc5ccccc5C4)cc3)c2Cl)n1. The summed E-state index contributed by atoms with van der Waals surface area (Å²) in [5, 5.41) is 5.07. The first-order chi connectivity index (χ1) is 17.8. The van der Waals surface area contributed by atoms with E-state index in [2.05, 4.69) is 58.6 Å². The summed E-state index contributed by atoms with van der Waals surface area (Å²) in [6.07, 6.45) is 6.21. The Bertz CT molecular complexity index is 1380. The predicted molar refractivity (Wildman–Crippen MR) is 147 cm³/mol. The summed E-state index contributed by atoms with van der Waals surface area (Å²) in [4.78, 5) is 16.4. The second kappa shape index (κ2) is 10.5. The Morgan fingerprint density at radius 2 is 1.65 bits per heavy atom. The summed E-state index contributed by atoms with van der Waals surface area (Å²) in [5.74, 6) is 0.932. The van der Waals surface area contributed by atoms with Gasteiger partial charge in [-0.1, -0.05) is 72.3 Å². The van der Waals surface area contributed by atoms with E-state index >= 15 is 0 Å². The second-order valence-electron chi connectivity index (χ2n) is 10.9. The Morgan fingerprint density at radius 1 is 0.973 bits per heavy atom. The lowest BCUT2D eigenvalue weighted by Gasteiger charge is -2.16. The van der Waals surface area contributed by atoms with Gasteiger partial charge in [-0.2, -0.15) is 0 Å². The lowest BCUT2D eigenvalue weighted by molar-refractivity contribution is -0.157. The van der Waals surface area contributed by atoms with Gasteiger partial charge >= 0.3 is 5.97 Å². The fourth-order valence-electron chi connectivity index (χ4n) is 4.82. The highest BCUT2D eigenvalue weighted by Crippen LogP contribution is 2.35. The van der Waals surface area contributed by atoms with E-state index in [9.17, 15) is 4.79 Å². The predicted octanol–water partition coefficient (Wildman–Crippen LogP) is 7.16. The molecule has 0 spiro atoms. The molecule has 0 saturated heterocycles. The van der Waals surface area contributed by atoms with Crippen molar-refractivity contribution in [3.05, 3.63) is 94.8 Å². The third kappa shape index (κ3) is 5.78. The lowest BCUT2D eigenvalue weighted by atomic mass is 9.95. The van der Waals surface area contributed by atoms with Crippen LogP contribution >= 0.6 is 11.6 Å². The number of halogens is 1. The van der Waals surface area contributed by atoms with Crippen LogP contribution in [-0.4, -0.2) is 20.7 Å². The highest BCUT2D eigenvalue weighted by atomic mass is 35.5. The van der Waals surface area contributed by atoms with Crippen LogP contribution in [0.25, 0.3) is 22.5 Å². The molecule has 0 amide bonds. The normalized spacial score (nSPS) is 13.5. The van der Waals surface area contributed by atoms with Crippen molar-refractivity contribution in [2.45, 2.75) is 53.2 Å². The van der Waals surface area contributed by atoms with E-state index in [0.29, 0.717) is 10.8 Å². The smallest absolute Gasteiger partial charge is 0.313 e.